The topological polar surface area (TPSA) is 72.9 Å². The SMILES string of the molecule is CC(NC(=O)CN1CCC(N(C)CC(=O)O)CC1)c1ccccc1Cl. The third kappa shape index (κ3) is 5.99. The molecular formula is C18H26ClN3O3. The fourth-order valence-electron chi connectivity index (χ4n) is 3.25. The number of nitrogens with one attached hydrogen (secondary N) is 1. The first kappa shape index (κ1) is 19.7. The summed E-state index contributed by atoms with van der Waals surface area (Å²) in [5.41, 5.74) is 0.909. The monoisotopic (exact) mass is 367 g/mol. The molecule has 1 fully saturated rings. The number of amides is 1. The van der Waals surface area contributed by atoms with Crippen LogP contribution in [0.1, 0.15) is 31.4 Å². The van der Waals surface area contributed by atoms with E-state index in [-0.39, 0.29) is 24.5 Å². The van der Waals surface area contributed by atoms with Gasteiger partial charge >= 0.3 is 5.97 Å². The minimum atomic E-state index is -0.808. The summed E-state index contributed by atoms with van der Waals surface area (Å²) in [6.07, 6.45) is 1.74. The minimum absolute atomic E-state index is 0.0234. The number of hydrogen-bond acceptors (Lipinski definition) is 4. The molecule has 1 saturated heterocycles. The van der Waals surface area contributed by atoms with Crippen LogP contribution in [0.3, 0.4) is 0 Å². The molecule has 6 nitrogen and oxygen atoms in total. The molecule has 25 heavy (non-hydrogen) atoms. The van der Waals surface area contributed by atoms with Gasteiger partial charge in [0.25, 0.3) is 0 Å². The van der Waals surface area contributed by atoms with Gasteiger partial charge in [0, 0.05) is 24.2 Å². The van der Waals surface area contributed by atoms with Crippen molar-refractivity contribution in [2.24, 2.45) is 0 Å². The second kappa shape index (κ2) is 9.17. The van der Waals surface area contributed by atoms with Crippen molar-refractivity contribution < 1.29 is 14.7 Å². The van der Waals surface area contributed by atoms with E-state index in [1.165, 1.54) is 0 Å². The van der Waals surface area contributed by atoms with Crippen LogP contribution in [0.5, 0.6) is 0 Å². The highest BCUT2D eigenvalue weighted by molar-refractivity contribution is 6.31. The number of rotatable bonds is 7. The van der Waals surface area contributed by atoms with Crippen LogP contribution in [0.25, 0.3) is 0 Å². The maximum atomic E-state index is 12.3. The maximum Gasteiger partial charge on any atom is 0.317 e. The Morgan fingerprint density at radius 1 is 1.36 bits per heavy atom. The summed E-state index contributed by atoms with van der Waals surface area (Å²) in [5, 5.41) is 12.5. The summed E-state index contributed by atoms with van der Waals surface area (Å²) in [6.45, 7) is 3.92. The molecule has 1 amide bonds. The van der Waals surface area contributed by atoms with Gasteiger partial charge in [-0.1, -0.05) is 29.8 Å². The van der Waals surface area contributed by atoms with Gasteiger partial charge in [0.05, 0.1) is 19.1 Å². The zero-order valence-electron chi connectivity index (χ0n) is 14.7. The van der Waals surface area contributed by atoms with Gasteiger partial charge < -0.3 is 10.4 Å². The Kier molecular flexibility index (Phi) is 7.23. The lowest BCUT2D eigenvalue weighted by atomic mass is 10.0. The van der Waals surface area contributed by atoms with E-state index >= 15 is 0 Å². The number of benzene rings is 1. The lowest BCUT2D eigenvalue weighted by molar-refractivity contribution is -0.138. The molecule has 138 valence electrons. The Morgan fingerprint density at radius 3 is 2.60 bits per heavy atom. The van der Waals surface area contributed by atoms with Gasteiger partial charge in [0.2, 0.25) is 5.91 Å². The van der Waals surface area contributed by atoms with E-state index in [1.807, 2.05) is 43.1 Å². The Labute approximate surface area is 153 Å². The third-order valence-corrected chi connectivity index (χ3v) is 5.03. The smallest absolute Gasteiger partial charge is 0.317 e. The van der Waals surface area contributed by atoms with Crippen LogP contribution in [0.4, 0.5) is 0 Å². The Hall–Kier alpha value is -1.63. The van der Waals surface area contributed by atoms with Gasteiger partial charge in [-0.15, -0.1) is 0 Å². The fourth-order valence-corrected chi connectivity index (χ4v) is 3.55. The molecule has 0 aliphatic carbocycles. The van der Waals surface area contributed by atoms with Crippen LogP contribution in [0.2, 0.25) is 5.02 Å². The largest absolute Gasteiger partial charge is 0.480 e. The number of halogens is 1. The van der Waals surface area contributed by atoms with Crippen molar-refractivity contribution in [3.63, 3.8) is 0 Å². The van der Waals surface area contributed by atoms with Gasteiger partial charge in [0.1, 0.15) is 0 Å². The summed E-state index contributed by atoms with van der Waals surface area (Å²) < 4.78 is 0. The predicted octanol–water partition coefficient (Wildman–Crippen LogP) is 2.00. The third-order valence-electron chi connectivity index (χ3n) is 4.68. The molecule has 0 aromatic heterocycles. The Bertz CT molecular complexity index is 603. The van der Waals surface area contributed by atoms with Crippen molar-refractivity contribution >= 4 is 23.5 Å². The number of carboxylic acid groups (broad SMARTS) is 1. The molecule has 0 spiro atoms. The quantitative estimate of drug-likeness (QED) is 0.771. The van der Waals surface area contributed by atoms with Crippen molar-refractivity contribution in [1.29, 1.82) is 0 Å². The highest BCUT2D eigenvalue weighted by atomic mass is 35.5. The average molecular weight is 368 g/mol. The van der Waals surface area contributed by atoms with Crippen molar-refractivity contribution in [1.82, 2.24) is 15.1 Å². The summed E-state index contributed by atoms with van der Waals surface area (Å²) in [4.78, 5) is 27.1. The van der Waals surface area contributed by atoms with Crippen LogP contribution < -0.4 is 5.32 Å². The standard InChI is InChI=1S/C18H26ClN3O3/c1-13(15-5-3-4-6-16(15)19)20-17(23)11-22-9-7-14(8-10-22)21(2)12-18(24)25/h3-6,13-14H,7-12H2,1-2H3,(H,20,23)(H,24,25). The van der Waals surface area contributed by atoms with Crippen LogP contribution in [0, 0.1) is 0 Å². The van der Waals surface area contributed by atoms with Crippen molar-refractivity contribution in [2.45, 2.75) is 31.8 Å². The molecule has 2 rings (SSSR count). The zero-order valence-corrected chi connectivity index (χ0v) is 15.5. The second-order valence-corrected chi connectivity index (χ2v) is 7.03. The van der Waals surface area contributed by atoms with Crippen LogP contribution >= 0.6 is 11.6 Å². The average Bonchev–Trinajstić information content (AvgIpc) is 2.55. The normalized spacial score (nSPS) is 17.4. The fraction of sp³-hybridized carbons (Fsp3) is 0.556. The summed E-state index contributed by atoms with van der Waals surface area (Å²) in [7, 11) is 1.84. The molecule has 0 radical (unpaired) electrons. The van der Waals surface area contributed by atoms with E-state index in [0.29, 0.717) is 11.6 Å². The number of nitrogens with zero attached hydrogens (tertiary/aromatic N) is 2. The van der Waals surface area contributed by atoms with Crippen LogP contribution in [-0.2, 0) is 9.59 Å². The summed E-state index contributed by atoms with van der Waals surface area (Å²) in [5.74, 6) is -0.831. The molecule has 1 aliphatic heterocycles. The van der Waals surface area contributed by atoms with E-state index in [0.717, 1.165) is 31.5 Å². The number of likely N-dealkylation sites (tertiary alicyclic amines) is 1. The molecule has 7 heteroatoms. The molecule has 0 bridgehead atoms. The van der Waals surface area contributed by atoms with E-state index in [1.54, 1.807) is 0 Å². The number of carbonyl (C=O) groups is 2. The molecule has 1 aliphatic rings. The molecule has 1 heterocycles. The summed E-state index contributed by atoms with van der Waals surface area (Å²) >= 11 is 6.17. The molecule has 1 atom stereocenters. The zero-order chi connectivity index (χ0) is 18.4. The number of carboxylic acids is 1. The lowest BCUT2D eigenvalue weighted by Crippen LogP contribution is -2.47. The van der Waals surface area contributed by atoms with Gasteiger partial charge in [-0.25, -0.2) is 0 Å². The number of carbonyl (C=O) groups excluding carboxylic acids is 1. The molecule has 1 unspecified atom stereocenters. The lowest BCUT2D eigenvalue weighted by Gasteiger charge is -2.35. The molecule has 0 saturated carbocycles. The number of piperidine rings is 1. The highest BCUT2D eigenvalue weighted by Crippen LogP contribution is 2.22. The number of aliphatic carboxylic acids is 1. The first-order valence-corrected chi connectivity index (χ1v) is 8.92. The predicted molar refractivity (Wildman–Crippen MR) is 97.7 cm³/mol. The van der Waals surface area contributed by atoms with Crippen molar-refractivity contribution in [3.8, 4) is 0 Å². The first-order valence-electron chi connectivity index (χ1n) is 8.55. The molecular weight excluding hydrogens is 342 g/mol. The maximum absolute atomic E-state index is 12.3. The molecule has 1 aromatic carbocycles. The van der Waals surface area contributed by atoms with Gasteiger partial charge in [0.15, 0.2) is 0 Å². The van der Waals surface area contributed by atoms with E-state index in [4.69, 9.17) is 16.7 Å². The van der Waals surface area contributed by atoms with E-state index in [2.05, 4.69) is 10.2 Å². The van der Waals surface area contributed by atoms with Crippen LogP contribution in [0.15, 0.2) is 24.3 Å². The van der Waals surface area contributed by atoms with Crippen molar-refractivity contribution in [2.75, 3.05) is 33.2 Å². The summed E-state index contributed by atoms with van der Waals surface area (Å²) in [6, 6.07) is 7.63. The second-order valence-electron chi connectivity index (χ2n) is 6.63. The Morgan fingerprint density at radius 2 is 2.00 bits per heavy atom. The number of hydrogen-bond donors (Lipinski definition) is 2. The van der Waals surface area contributed by atoms with E-state index in [9.17, 15) is 9.59 Å². The van der Waals surface area contributed by atoms with Gasteiger partial charge in [-0.2, -0.15) is 0 Å². The van der Waals surface area contributed by atoms with Crippen LogP contribution in [-0.4, -0.2) is 66.1 Å². The number of likely N-dealkylation sites (N-methyl/N-ethyl adjacent to an activating group) is 1. The first-order chi connectivity index (χ1) is 11.9. The minimum Gasteiger partial charge on any atom is -0.480 e. The molecule has 1 aromatic rings. The van der Waals surface area contributed by atoms with E-state index < -0.39 is 5.97 Å². The van der Waals surface area contributed by atoms with Crippen molar-refractivity contribution in [3.05, 3.63) is 34.9 Å². The van der Waals surface area contributed by atoms with Gasteiger partial charge in [-0.05, 0) is 38.4 Å². The molecule has 2 N–H and O–H groups in total. The highest BCUT2D eigenvalue weighted by Gasteiger charge is 2.25. The van der Waals surface area contributed by atoms with Gasteiger partial charge in [-0.3, -0.25) is 19.4 Å². The Balaban J connectivity index is 1.77.